The molecule has 2 aromatic rings. The molecule has 1 fully saturated rings. The number of carbonyl (C=O) groups excluding carboxylic acids is 1. The molecule has 1 aliphatic rings. The van der Waals surface area contributed by atoms with E-state index in [4.69, 9.17) is 5.73 Å². The van der Waals surface area contributed by atoms with E-state index < -0.39 is 6.03 Å². The number of carbonyl (C=O) groups is 1. The zero-order valence-corrected chi connectivity index (χ0v) is 12.0. The molecule has 0 heterocycles. The van der Waals surface area contributed by atoms with Gasteiger partial charge in [-0.1, -0.05) is 36.4 Å². The number of hydroxylamine groups is 2. The zero-order valence-electron chi connectivity index (χ0n) is 12.0. The highest BCUT2D eigenvalue weighted by molar-refractivity contribution is 5.70. The summed E-state index contributed by atoms with van der Waals surface area (Å²) < 4.78 is 0. The van der Waals surface area contributed by atoms with Crippen LogP contribution in [-0.2, 0) is 0 Å². The number of aromatic hydroxyl groups is 1. The minimum atomic E-state index is -0.816. The summed E-state index contributed by atoms with van der Waals surface area (Å²) in [4.78, 5) is 10.9. The number of phenolic OH excluding ortho intramolecular Hbond substituents is 1. The molecule has 2 amide bonds. The van der Waals surface area contributed by atoms with E-state index in [0.717, 1.165) is 17.5 Å². The Morgan fingerprint density at radius 1 is 1.18 bits per heavy atom. The lowest BCUT2D eigenvalue weighted by Gasteiger charge is -2.11. The Morgan fingerprint density at radius 3 is 2.59 bits per heavy atom. The van der Waals surface area contributed by atoms with E-state index >= 15 is 0 Å². The maximum absolute atomic E-state index is 10.9. The fourth-order valence-corrected chi connectivity index (χ4v) is 2.77. The average molecular weight is 298 g/mol. The van der Waals surface area contributed by atoms with E-state index in [0.29, 0.717) is 11.0 Å². The Balaban J connectivity index is 1.73. The number of benzene rings is 2. The quantitative estimate of drug-likeness (QED) is 0.599. The summed E-state index contributed by atoms with van der Waals surface area (Å²) in [5.41, 5.74) is 8.34. The summed E-state index contributed by atoms with van der Waals surface area (Å²) in [7, 11) is 0. The molecular formula is C17H18N2O3. The molecule has 2 unspecified atom stereocenters. The van der Waals surface area contributed by atoms with Crippen LogP contribution in [0.3, 0.4) is 0 Å². The SMILES string of the molecule is NC(=O)N(O)CC1CC1c1cccc(-c2ccc(O)cc2)c1. The van der Waals surface area contributed by atoms with E-state index in [1.54, 1.807) is 12.1 Å². The lowest BCUT2D eigenvalue weighted by molar-refractivity contribution is -0.0431. The van der Waals surface area contributed by atoms with E-state index in [-0.39, 0.29) is 18.2 Å². The number of hydrogen-bond donors (Lipinski definition) is 3. The standard InChI is InChI=1S/C17H18N2O3/c18-17(21)19(22)10-14-9-16(14)13-3-1-2-12(8-13)11-4-6-15(20)7-5-11/h1-8,14,16,20,22H,9-10H2,(H2,18,21). The molecule has 0 radical (unpaired) electrons. The van der Waals surface area contributed by atoms with Crippen molar-refractivity contribution in [1.29, 1.82) is 0 Å². The van der Waals surface area contributed by atoms with Gasteiger partial charge in [0, 0.05) is 0 Å². The fraction of sp³-hybridized carbons (Fsp3) is 0.235. The van der Waals surface area contributed by atoms with Crippen LogP contribution in [-0.4, -0.2) is 28.0 Å². The molecule has 2 atom stereocenters. The Bertz CT molecular complexity index is 685. The second kappa shape index (κ2) is 5.69. The molecular weight excluding hydrogens is 280 g/mol. The molecule has 2 aromatic carbocycles. The van der Waals surface area contributed by atoms with Gasteiger partial charge >= 0.3 is 6.03 Å². The van der Waals surface area contributed by atoms with Gasteiger partial charge in [0.25, 0.3) is 0 Å². The number of rotatable bonds is 4. The highest BCUT2D eigenvalue weighted by Gasteiger charge is 2.39. The maximum Gasteiger partial charge on any atom is 0.338 e. The first-order valence-corrected chi connectivity index (χ1v) is 7.20. The summed E-state index contributed by atoms with van der Waals surface area (Å²) in [6, 6.07) is 14.5. The number of hydrogen-bond acceptors (Lipinski definition) is 3. The van der Waals surface area contributed by atoms with E-state index in [9.17, 15) is 15.1 Å². The van der Waals surface area contributed by atoms with Crippen molar-refractivity contribution in [1.82, 2.24) is 5.06 Å². The van der Waals surface area contributed by atoms with Crippen molar-refractivity contribution < 1.29 is 15.1 Å². The molecule has 5 heteroatoms. The molecule has 22 heavy (non-hydrogen) atoms. The molecule has 0 spiro atoms. The summed E-state index contributed by atoms with van der Waals surface area (Å²) in [5.74, 6) is 0.829. The van der Waals surface area contributed by atoms with Gasteiger partial charge < -0.3 is 10.8 Å². The van der Waals surface area contributed by atoms with Crippen molar-refractivity contribution in [3.05, 3.63) is 54.1 Å². The van der Waals surface area contributed by atoms with E-state index in [1.165, 1.54) is 5.56 Å². The van der Waals surface area contributed by atoms with Gasteiger partial charge in [-0.25, -0.2) is 9.86 Å². The third-order valence-corrected chi connectivity index (χ3v) is 4.10. The highest BCUT2D eigenvalue weighted by atomic mass is 16.5. The monoisotopic (exact) mass is 298 g/mol. The van der Waals surface area contributed by atoms with Gasteiger partial charge in [-0.05, 0) is 47.1 Å². The van der Waals surface area contributed by atoms with Crippen molar-refractivity contribution >= 4 is 6.03 Å². The third kappa shape index (κ3) is 3.04. The number of nitrogens with two attached hydrogens (primary N) is 1. The summed E-state index contributed by atoms with van der Waals surface area (Å²) in [6.45, 7) is 0.267. The number of urea groups is 1. The summed E-state index contributed by atoms with van der Waals surface area (Å²) in [5, 5.41) is 19.3. The minimum absolute atomic E-state index is 0.243. The Hall–Kier alpha value is -2.53. The van der Waals surface area contributed by atoms with Gasteiger partial charge in [0.2, 0.25) is 0 Å². The van der Waals surface area contributed by atoms with Gasteiger partial charge in [-0.3, -0.25) is 5.21 Å². The van der Waals surface area contributed by atoms with Crippen LogP contribution in [0, 0.1) is 5.92 Å². The van der Waals surface area contributed by atoms with Crippen LogP contribution in [0.25, 0.3) is 11.1 Å². The molecule has 0 aromatic heterocycles. The molecule has 4 N–H and O–H groups in total. The van der Waals surface area contributed by atoms with Crippen molar-refractivity contribution in [2.24, 2.45) is 11.7 Å². The molecule has 1 aliphatic carbocycles. The van der Waals surface area contributed by atoms with Crippen LogP contribution >= 0.6 is 0 Å². The predicted molar refractivity (Wildman–Crippen MR) is 82.5 cm³/mol. The van der Waals surface area contributed by atoms with Crippen LogP contribution in [0.1, 0.15) is 17.9 Å². The van der Waals surface area contributed by atoms with Gasteiger partial charge in [0.1, 0.15) is 5.75 Å². The summed E-state index contributed by atoms with van der Waals surface area (Å²) >= 11 is 0. The van der Waals surface area contributed by atoms with Crippen molar-refractivity contribution in [2.75, 3.05) is 6.54 Å². The molecule has 114 valence electrons. The second-order valence-corrected chi connectivity index (χ2v) is 5.69. The minimum Gasteiger partial charge on any atom is -0.508 e. The highest BCUT2D eigenvalue weighted by Crippen LogP contribution is 2.48. The Morgan fingerprint density at radius 2 is 1.91 bits per heavy atom. The third-order valence-electron chi connectivity index (χ3n) is 4.10. The molecule has 0 saturated heterocycles. The van der Waals surface area contributed by atoms with Crippen LogP contribution in [0.15, 0.2) is 48.5 Å². The van der Waals surface area contributed by atoms with Gasteiger partial charge in [-0.15, -0.1) is 0 Å². The number of amides is 2. The number of phenols is 1. The summed E-state index contributed by atoms with van der Waals surface area (Å²) in [6.07, 6.45) is 0.934. The largest absolute Gasteiger partial charge is 0.508 e. The molecule has 5 nitrogen and oxygen atoms in total. The van der Waals surface area contributed by atoms with Crippen LogP contribution in [0.5, 0.6) is 5.75 Å². The van der Waals surface area contributed by atoms with Crippen molar-refractivity contribution in [2.45, 2.75) is 12.3 Å². The zero-order chi connectivity index (χ0) is 15.7. The Kier molecular flexibility index (Phi) is 3.73. The second-order valence-electron chi connectivity index (χ2n) is 5.69. The number of nitrogens with zero attached hydrogens (tertiary/aromatic N) is 1. The van der Waals surface area contributed by atoms with Gasteiger partial charge in [-0.2, -0.15) is 0 Å². The number of primary amides is 1. The van der Waals surface area contributed by atoms with Gasteiger partial charge in [0.05, 0.1) is 6.54 Å². The molecule has 0 aliphatic heterocycles. The molecule has 0 bridgehead atoms. The Labute approximate surface area is 128 Å². The van der Waals surface area contributed by atoms with Crippen molar-refractivity contribution in [3.63, 3.8) is 0 Å². The molecule has 1 saturated carbocycles. The van der Waals surface area contributed by atoms with Crippen LogP contribution in [0.2, 0.25) is 0 Å². The van der Waals surface area contributed by atoms with Gasteiger partial charge in [0.15, 0.2) is 0 Å². The normalized spacial score (nSPS) is 19.7. The average Bonchev–Trinajstić information content (AvgIpc) is 3.27. The first-order valence-electron chi connectivity index (χ1n) is 7.20. The molecule has 3 rings (SSSR count). The van der Waals surface area contributed by atoms with Crippen LogP contribution in [0.4, 0.5) is 4.79 Å². The van der Waals surface area contributed by atoms with Crippen LogP contribution < -0.4 is 5.73 Å². The lowest BCUT2D eigenvalue weighted by atomic mass is 10.0. The fourth-order valence-electron chi connectivity index (χ4n) is 2.77. The predicted octanol–water partition coefficient (Wildman–Crippen LogP) is 2.93. The smallest absolute Gasteiger partial charge is 0.338 e. The van der Waals surface area contributed by atoms with E-state index in [1.807, 2.05) is 24.3 Å². The first kappa shape index (κ1) is 14.4. The van der Waals surface area contributed by atoms with E-state index in [2.05, 4.69) is 12.1 Å². The topological polar surface area (TPSA) is 86.8 Å². The van der Waals surface area contributed by atoms with Crippen molar-refractivity contribution in [3.8, 4) is 16.9 Å². The maximum atomic E-state index is 10.9. The lowest BCUT2D eigenvalue weighted by Crippen LogP contribution is -2.34. The first-order chi connectivity index (χ1) is 10.5.